The fourth-order valence-corrected chi connectivity index (χ4v) is 10.3. The first-order valence-electron chi connectivity index (χ1n) is 29.3. The van der Waals surface area contributed by atoms with Gasteiger partial charge in [0.1, 0.15) is 42.8 Å². The molecule has 0 fully saturated rings. The minimum Gasteiger partial charge on any atom is -0.493 e. The predicted octanol–water partition coefficient (Wildman–Crippen LogP) is 17.7. The van der Waals surface area contributed by atoms with E-state index in [1.807, 2.05) is 24.3 Å². The highest BCUT2D eigenvalue weighted by molar-refractivity contribution is 5.77. The van der Waals surface area contributed by atoms with Crippen molar-refractivity contribution in [2.24, 2.45) is 0 Å². The van der Waals surface area contributed by atoms with Crippen molar-refractivity contribution < 1.29 is 37.9 Å². The van der Waals surface area contributed by atoms with E-state index in [1.54, 1.807) is 0 Å². The van der Waals surface area contributed by atoms with Gasteiger partial charge in [0.15, 0.2) is 0 Å². The normalized spacial score (nSPS) is 16.0. The molecular weight excluding hydrogens is 993 g/mol. The summed E-state index contributed by atoms with van der Waals surface area (Å²) in [5.74, 6) is 3.29. The fraction of sp³-hybridized carbons (Fsp3) is 0.333. The van der Waals surface area contributed by atoms with Crippen molar-refractivity contribution in [3.63, 3.8) is 0 Å². The summed E-state index contributed by atoms with van der Waals surface area (Å²) in [6, 6.07) is 67.0. The average Bonchev–Trinajstić information content (AvgIpc) is 3.52. The Morgan fingerprint density at radius 2 is 0.400 bits per heavy atom. The zero-order chi connectivity index (χ0) is 54.5. The number of para-hydroxylation sites is 4. The molecule has 1 aliphatic rings. The van der Waals surface area contributed by atoms with Crippen LogP contribution in [0.1, 0.15) is 99.3 Å². The molecule has 0 spiro atoms. The Hall–Kier alpha value is -7.20. The van der Waals surface area contributed by atoms with Crippen LogP contribution in [-0.4, -0.2) is 52.9 Å². The highest BCUT2D eigenvalue weighted by Crippen LogP contribution is 2.39. The van der Waals surface area contributed by atoms with Crippen LogP contribution in [0, 0.1) is 0 Å². The summed E-state index contributed by atoms with van der Waals surface area (Å²) >= 11 is 0. The highest BCUT2D eigenvalue weighted by Gasteiger charge is 2.18. The van der Waals surface area contributed by atoms with Crippen molar-refractivity contribution in [2.75, 3.05) is 52.9 Å². The zero-order valence-corrected chi connectivity index (χ0v) is 46.7. The smallest absolute Gasteiger partial charge is 0.127 e. The molecular formula is C72H80O8. The third-order valence-corrected chi connectivity index (χ3v) is 14.6. The lowest BCUT2D eigenvalue weighted by Gasteiger charge is -2.19. The summed E-state index contributed by atoms with van der Waals surface area (Å²) in [6.45, 7) is 7.86. The van der Waals surface area contributed by atoms with Gasteiger partial charge in [-0.1, -0.05) is 170 Å². The topological polar surface area (TPSA) is 73.8 Å². The molecule has 0 N–H and O–H groups in total. The molecule has 1 heterocycles. The molecule has 80 heavy (non-hydrogen) atoms. The van der Waals surface area contributed by atoms with Crippen molar-refractivity contribution >= 4 is 0 Å². The largest absolute Gasteiger partial charge is 0.493 e. The Morgan fingerprint density at radius 3 is 0.713 bits per heavy atom. The summed E-state index contributed by atoms with van der Waals surface area (Å²) in [5.41, 5.74) is 12.7. The monoisotopic (exact) mass is 1070 g/mol. The Labute approximate surface area is 475 Å². The van der Waals surface area contributed by atoms with E-state index in [1.165, 1.54) is 0 Å². The third-order valence-electron chi connectivity index (χ3n) is 14.6. The van der Waals surface area contributed by atoms with Crippen LogP contribution in [0.2, 0.25) is 0 Å². The first-order valence-corrected chi connectivity index (χ1v) is 29.3. The fourth-order valence-electron chi connectivity index (χ4n) is 10.3. The molecule has 1 aliphatic heterocycles. The lowest BCUT2D eigenvalue weighted by molar-refractivity contribution is 0.100. The number of benzene rings is 8. The van der Waals surface area contributed by atoms with Crippen LogP contribution >= 0.6 is 0 Å². The standard InChI is InChI=1S/C72H80O8/c1-21-45-73-46-22-2-24-48-75-50-26-4-28-52-77-69-41-17-13-37-65(69)62-34-10-6-30-58(62)54-79-71-43-19-15-39-67(71)64-36-12-8-32-60(64)56-80-72-44-20-16-40-68(72)63-35-11-7-31-59(63)55-78-70-42-18-14-38-66(70)61-33-9-5-29-57(61)53-76-51-27-3-25-49-74-47-23-1/h5-20,29-44H,1-4,21-28,45-56H2. The number of fused-ring (bicyclic) bond motifs is 12. The molecule has 0 saturated carbocycles. The van der Waals surface area contributed by atoms with E-state index in [9.17, 15) is 0 Å². The van der Waals surface area contributed by atoms with E-state index >= 15 is 0 Å². The molecule has 0 unspecified atom stereocenters. The van der Waals surface area contributed by atoms with Gasteiger partial charge in [-0.2, -0.15) is 0 Å². The average molecular weight is 1070 g/mol. The summed E-state index contributed by atoms with van der Waals surface area (Å²) < 4.78 is 51.0. The van der Waals surface area contributed by atoms with Crippen LogP contribution in [0.5, 0.6) is 23.0 Å². The Kier molecular flexibility index (Phi) is 23.5. The van der Waals surface area contributed by atoms with Gasteiger partial charge in [-0.15, -0.1) is 0 Å². The van der Waals surface area contributed by atoms with Gasteiger partial charge >= 0.3 is 0 Å². The van der Waals surface area contributed by atoms with Gasteiger partial charge in [-0.3, -0.25) is 0 Å². The second kappa shape index (κ2) is 32.8. The number of rotatable bonds is 0. The molecule has 0 radical (unpaired) electrons. The molecule has 8 heteroatoms. The maximum Gasteiger partial charge on any atom is 0.127 e. The van der Waals surface area contributed by atoms with Gasteiger partial charge in [-0.25, -0.2) is 0 Å². The van der Waals surface area contributed by atoms with Crippen molar-refractivity contribution in [1.82, 2.24) is 0 Å². The minimum absolute atomic E-state index is 0.357. The van der Waals surface area contributed by atoms with Crippen LogP contribution in [0.3, 0.4) is 0 Å². The van der Waals surface area contributed by atoms with E-state index in [-0.39, 0.29) is 0 Å². The van der Waals surface area contributed by atoms with E-state index in [2.05, 4.69) is 170 Å². The van der Waals surface area contributed by atoms with E-state index in [0.29, 0.717) is 39.6 Å². The van der Waals surface area contributed by atoms with Gasteiger partial charge in [0.2, 0.25) is 0 Å². The predicted molar refractivity (Wildman–Crippen MR) is 324 cm³/mol. The Balaban J connectivity index is 0.886. The van der Waals surface area contributed by atoms with Crippen LogP contribution < -0.4 is 18.9 Å². The van der Waals surface area contributed by atoms with Crippen LogP contribution in [0.25, 0.3) is 44.5 Å². The third kappa shape index (κ3) is 17.4. The first-order chi connectivity index (χ1) is 39.8. The highest BCUT2D eigenvalue weighted by atomic mass is 16.5. The second-order valence-corrected chi connectivity index (χ2v) is 20.5. The number of hydrogen-bond donors (Lipinski definition) is 0. The molecule has 0 bridgehead atoms. The minimum atomic E-state index is 0.357. The van der Waals surface area contributed by atoms with Gasteiger partial charge in [0, 0.05) is 68.5 Å². The Morgan fingerprint density at radius 1 is 0.175 bits per heavy atom. The molecule has 0 amide bonds. The summed E-state index contributed by atoms with van der Waals surface area (Å²) in [6.07, 6.45) is 12.8. The number of ether oxygens (including phenoxy) is 8. The molecule has 8 aromatic rings. The van der Waals surface area contributed by atoms with Crippen molar-refractivity contribution in [1.29, 1.82) is 0 Å². The Bertz CT molecular complexity index is 2870. The molecule has 0 saturated heterocycles. The van der Waals surface area contributed by atoms with E-state index in [0.717, 1.165) is 206 Å². The zero-order valence-electron chi connectivity index (χ0n) is 46.7. The van der Waals surface area contributed by atoms with E-state index < -0.39 is 0 Å². The van der Waals surface area contributed by atoms with E-state index in [4.69, 9.17) is 37.9 Å². The van der Waals surface area contributed by atoms with Crippen LogP contribution in [-0.2, 0) is 45.4 Å². The number of hydrogen-bond acceptors (Lipinski definition) is 8. The lowest BCUT2D eigenvalue weighted by Crippen LogP contribution is -2.04. The summed E-state index contributed by atoms with van der Waals surface area (Å²) in [4.78, 5) is 0. The SMILES string of the molecule is c1ccc2c(c1)COCCCCCOCCCCCOCCCCCOCCCCCOc1ccccc1-c1ccccc1COc1ccccc1-c1ccccc1COc1ccccc1-c1ccccc1COc1ccccc1-2. The lowest BCUT2D eigenvalue weighted by atomic mass is 9.98. The van der Waals surface area contributed by atoms with Gasteiger partial charge < -0.3 is 37.9 Å². The molecule has 0 aromatic heterocycles. The molecule has 416 valence electrons. The van der Waals surface area contributed by atoms with Gasteiger partial charge in [-0.05, 0) is 146 Å². The van der Waals surface area contributed by atoms with Crippen LogP contribution in [0.4, 0.5) is 0 Å². The molecule has 0 aliphatic carbocycles. The van der Waals surface area contributed by atoms with Crippen molar-refractivity contribution in [3.8, 4) is 67.5 Å². The van der Waals surface area contributed by atoms with Gasteiger partial charge in [0.25, 0.3) is 0 Å². The second-order valence-electron chi connectivity index (χ2n) is 20.5. The molecule has 8 aromatic carbocycles. The quantitative estimate of drug-likeness (QED) is 0.149. The summed E-state index contributed by atoms with van der Waals surface area (Å²) in [7, 11) is 0. The van der Waals surface area contributed by atoms with Crippen molar-refractivity contribution in [3.05, 3.63) is 216 Å². The molecule has 9 rings (SSSR count). The van der Waals surface area contributed by atoms with Gasteiger partial charge in [0.05, 0.1) is 13.2 Å². The molecule has 8 nitrogen and oxygen atoms in total. The first kappa shape index (κ1) is 57.5. The maximum atomic E-state index is 6.83. The van der Waals surface area contributed by atoms with Crippen molar-refractivity contribution in [2.45, 2.75) is 103 Å². The van der Waals surface area contributed by atoms with Crippen LogP contribution in [0.15, 0.2) is 194 Å². The maximum absolute atomic E-state index is 6.83. The molecule has 0 atom stereocenters. The summed E-state index contributed by atoms with van der Waals surface area (Å²) in [5, 5.41) is 0.